The standard InChI is InChI=1S/C23H30N4O2.HI/c1-3-17-9-6-10-18(4-2)21(17)27-23(24)25-15-16-8-5-11-19(14-16)26-22(28)20-12-7-13-29-20;/h5-6,8-11,14,20H,3-4,7,12-13,15H2,1-2H3,(H,26,28)(H3,24,25,27);1H. The number of anilines is 2. The Bertz CT molecular complexity index is 857. The van der Waals surface area contributed by atoms with E-state index in [9.17, 15) is 4.79 Å². The molecule has 1 amide bonds. The first-order chi connectivity index (χ1) is 14.1. The van der Waals surface area contributed by atoms with Crippen LogP contribution in [0.5, 0.6) is 0 Å². The van der Waals surface area contributed by atoms with Crippen LogP contribution >= 0.6 is 24.0 Å². The largest absolute Gasteiger partial charge is 0.370 e. The first kappa shape index (κ1) is 24.1. The molecule has 1 saturated heterocycles. The quantitative estimate of drug-likeness (QED) is 0.285. The van der Waals surface area contributed by atoms with Gasteiger partial charge in [0, 0.05) is 18.0 Å². The van der Waals surface area contributed by atoms with E-state index in [-0.39, 0.29) is 36.0 Å². The highest BCUT2D eigenvalue weighted by atomic mass is 127. The smallest absolute Gasteiger partial charge is 0.253 e. The van der Waals surface area contributed by atoms with Crippen LogP contribution in [0, 0.1) is 0 Å². The second-order valence-corrected chi connectivity index (χ2v) is 7.18. The van der Waals surface area contributed by atoms with Crippen molar-refractivity contribution in [1.29, 1.82) is 0 Å². The maximum absolute atomic E-state index is 12.2. The molecule has 0 radical (unpaired) electrons. The van der Waals surface area contributed by atoms with Gasteiger partial charge in [0.05, 0.1) is 6.54 Å². The molecule has 30 heavy (non-hydrogen) atoms. The summed E-state index contributed by atoms with van der Waals surface area (Å²) in [5, 5.41) is 6.20. The number of hydrogen-bond acceptors (Lipinski definition) is 3. The van der Waals surface area contributed by atoms with Crippen molar-refractivity contribution in [2.75, 3.05) is 17.2 Å². The lowest BCUT2D eigenvalue weighted by Crippen LogP contribution is -2.26. The van der Waals surface area contributed by atoms with E-state index >= 15 is 0 Å². The fourth-order valence-electron chi connectivity index (χ4n) is 3.50. The van der Waals surface area contributed by atoms with Crippen molar-refractivity contribution in [3.63, 3.8) is 0 Å². The van der Waals surface area contributed by atoms with E-state index in [1.807, 2.05) is 24.3 Å². The van der Waals surface area contributed by atoms with Gasteiger partial charge in [-0.3, -0.25) is 4.79 Å². The summed E-state index contributed by atoms with van der Waals surface area (Å²) in [6, 6.07) is 13.9. The topological polar surface area (TPSA) is 88.7 Å². The molecule has 1 fully saturated rings. The maximum Gasteiger partial charge on any atom is 0.253 e. The van der Waals surface area contributed by atoms with Gasteiger partial charge >= 0.3 is 0 Å². The molecule has 4 N–H and O–H groups in total. The number of carbonyl (C=O) groups is 1. The Kier molecular flexibility index (Phi) is 9.58. The Labute approximate surface area is 195 Å². The molecule has 1 aliphatic heterocycles. The Hall–Kier alpha value is -2.13. The van der Waals surface area contributed by atoms with Gasteiger partial charge in [0.2, 0.25) is 0 Å². The number of amides is 1. The van der Waals surface area contributed by atoms with Crippen molar-refractivity contribution in [2.45, 2.75) is 52.2 Å². The SMILES string of the molecule is CCc1cccc(CC)c1NC(N)=NCc1cccc(NC(=O)C2CCCO2)c1.I. The fraction of sp³-hybridized carbons (Fsp3) is 0.391. The monoisotopic (exact) mass is 522 g/mol. The second kappa shape index (κ2) is 11.9. The summed E-state index contributed by atoms with van der Waals surface area (Å²) in [6.07, 6.45) is 3.21. The van der Waals surface area contributed by atoms with Crippen molar-refractivity contribution in [2.24, 2.45) is 10.7 Å². The number of rotatable bonds is 7. The van der Waals surface area contributed by atoms with Crippen LogP contribution < -0.4 is 16.4 Å². The highest BCUT2D eigenvalue weighted by molar-refractivity contribution is 14.0. The van der Waals surface area contributed by atoms with Gasteiger partial charge in [0.15, 0.2) is 5.96 Å². The molecule has 7 heteroatoms. The lowest BCUT2D eigenvalue weighted by atomic mass is 10.0. The number of ether oxygens (including phenoxy) is 1. The number of aliphatic imine (C=N–C) groups is 1. The molecule has 2 aromatic carbocycles. The van der Waals surface area contributed by atoms with Crippen LogP contribution in [0.4, 0.5) is 11.4 Å². The predicted molar refractivity (Wildman–Crippen MR) is 134 cm³/mol. The van der Waals surface area contributed by atoms with Crippen molar-refractivity contribution in [1.82, 2.24) is 0 Å². The van der Waals surface area contributed by atoms with Crippen molar-refractivity contribution in [3.05, 3.63) is 59.2 Å². The van der Waals surface area contributed by atoms with Gasteiger partial charge in [0.25, 0.3) is 5.91 Å². The zero-order valence-corrected chi connectivity index (χ0v) is 19.9. The number of para-hydroxylation sites is 1. The summed E-state index contributed by atoms with van der Waals surface area (Å²) in [6.45, 7) is 5.34. The van der Waals surface area contributed by atoms with Crippen LogP contribution in [-0.4, -0.2) is 24.6 Å². The summed E-state index contributed by atoms with van der Waals surface area (Å²) in [4.78, 5) is 16.7. The van der Waals surface area contributed by atoms with E-state index in [2.05, 4.69) is 47.7 Å². The summed E-state index contributed by atoms with van der Waals surface area (Å²) in [5.74, 6) is 0.294. The number of carbonyl (C=O) groups excluding carboxylic acids is 1. The molecule has 1 heterocycles. The Morgan fingerprint density at radius 1 is 1.13 bits per heavy atom. The van der Waals surface area contributed by atoms with E-state index in [0.29, 0.717) is 19.1 Å². The Morgan fingerprint density at radius 3 is 2.47 bits per heavy atom. The summed E-state index contributed by atoms with van der Waals surface area (Å²) < 4.78 is 5.43. The molecule has 0 saturated carbocycles. The third kappa shape index (κ3) is 6.43. The molecule has 0 aromatic heterocycles. The van der Waals surface area contributed by atoms with Crippen LogP contribution in [0.15, 0.2) is 47.5 Å². The first-order valence-corrected chi connectivity index (χ1v) is 10.3. The maximum atomic E-state index is 12.2. The summed E-state index contributed by atoms with van der Waals surface area (Å²) in [7, 11) is 0. The van der Waals surface area contributed by atoms with Crippen LogP contribution in [0.25, 0.3) is 0 Å². The molecule has 2 aromatic rings. The van der Waals surface area contributed by atoms with Crippen LogP contribution in [0.2, 0.25) is 0 Å². The van der Waals surface area contributed by atoms with Crippen molar-refractivity contribution in [3.8, 4) is 0 Å². The third-order valence-corrected chi connectivity index (χ3v) is 5.10. The average Bonchev–Trinajstić information content (AvgIpc) is 3.28. The Balaban J connectivity index is 0.00000320. The molecular weight excluding hydrogens is 491 g/mol. The van der Waals surface area contributed by atoms with Crippen LogP contribution in [0.3, 0.4) is 0 Å². The molecule has 1 atom stereocenters. The molecule has 1 unspecified atom stereocenters. The van der Waals surface area contributed by atoms with Crippen LogP contribution in [-0.2, 0) is 28.9 Å². The normalized spacial score (nSPS) is 16.1. The minimum Gasteiger partial charge on any atom is -0.370 e. The van der Waals surface area contributed by atoms with Gasteiger partial charge in [-0.2, -0.15) is 0 Å². The van der Waals surface area contributed by atoms with Crippen LogP contribution in [0.1, 0.15) is 43.4 Å². The number of nitrogens with zero attached hydrogens (tertiary/aromatic N) is 1. The molecule has 162 valence electrons. The Morgan fingerprint density at radius 2 is 1.83 bits per heavy atom. The lowest BCUT2D eigenvalue weighted by Gasteiger charge is -2.15. The van der Waals surface area contributed by atoms with E-state index in [4.69, 9.17) is 10.5 Å². The minimum absolute atomic E-state index is 0. The zero-order chi connectivity index (χ0) is 20.6. The molecular formula is C23H31IN4O2. The number of halogens is 1. The summed E-state index contributed by atoms with van der Waals surface area (Å²) in [5.41, 5.74) is 11.4. The van der Waals surface area contributed by atoms with Gasteiger partial charge in [-0.05, 0) is 54.5 Å². The lowest BCUT2D eigenvalue weighted by molar-refractivity contribution is -0.124. The number of nitrogens with two attached hydrogens (primary N) is 1. The molecule has 0 bridgehead atoms. The molecule has 3 rings (SSSR count). The van der Waals surface area contributed by atoms with E-state index in [1.165, 1.54) is 11.1 Å². The van der Waals surface area contributed by atoms with Gasteiger partial charge in [-0.1, -0.05) is 44.2 Å². The van der Waals surface area contributed by atoms with Crippen molar-refractivity contribution >= 4 is 47.2 Å². The number of nitrogens with one attached hydrogen (secondary N) is 2. The average molecular weight is 522 g/mol. The number of hydrogen-bond donors (Lipinski definition) is 3. The molecule has 6 nitrogen and oxygen atoms in total. The first-order valence-electron chi connectivity index (χ1n) is 10.3. The number of guanidine groups is 1. The predicted octanol–water partition coefficient (Wildman–Crippen LogP) is 4.47. The van der Waals surface area contributed by atoms with E-state index in [0.717, 1.165) is 42.6 Å². The molecule has 0 aliphatic carbocycles. The molecule has 0 spiro atoms. The van der Waals surface area contributed by atoms with Crippen molar-refractivity contribution < 1.29 is 9.53 Å². The number of benzene rings is 2. The highest BCUT2D eigenvalue weighted by Crippen LogP contribution is 2.22. The zero-order valence-electron chi connectivity index (χ0n) is 17.6. The molecule has 1 aliphatic rings. The third-order valence-electron chi connectivity index (χ3n) is 5.10. The second-order valence-electron chi connectivity index (χ2n) is 7.18. The van der Waals surface area contributed by atoms with Gasteiger partial charge in [-0.25, -0.2) is 4.99 Å². The fourth-order valence-corrected chi connectivity index (χ4v) is 3.50. The number of aryl methyl sites for hydroxylation is 2. The summed E-state index contributed by atoms with van der Waals surface area (Å²) >= 11 is 0. The van der Waals surface area contributed by atoms with Gasteiger partial charge in [0.1, 0.15) is 6.10 Å². The van der Waals surface area contributed by atoms with Gasteiger partial charge in [-0.15, -0.1) is 24.0 Å². The van der Waals surface area contributed by atoms with E-state index < -0.39 is 0 Å². The van der Waals surface area contributed by atoms with Gasteiger partial charge < -0.3 is 21.1 Å². The van der Waals surface area contributed by atoms with E-state index in [1.54, 1.807) is 0 Å². The minimum atomic E-state index is -0.345. The highest BCUT2D eigenvalue weighted by Gasteiger charge is 2.23.